The highest BCUT2D eigenvalue weighted by atomic mass is 16.5. The number of allylic oxidation sites excluding steroid dienone is 2. The molecule has 2 atom stereocenters. The van der Waals surface area contributed by atoms with Crippen LogP contribution < -0.4 is 0 Å². The molecular formula is C22H20N6O. The minimum absolute atomic E-state index is 0.00657. The van der Waals surface area contributed by atoms with E-state index in [1.165, 1.54) is 5.57 Å². The fourth-order valence-electron chi connectivity index (χ4n) is 3.68. The van der Waals surface area contributed by atoms with E-state index in [9.17, 15) is 0 Å². The number of nitrogens with zero attached hydrogens (tertiary/aromatic N) is 6. The topological polar surface area (TPSA) is 77.0 Å². The molecule has 0 spiro atoms. The SMILES string of the molecule is COC1=CC2N=CC=C(CCc3nnc4ccc(-c5ccccc5)nn34)C2N=C1. The number of hydrogen-bond acceptors (Lipinski definition) is 6. The molecule has 4 heterocycles. The van der Waals surface area contributed by atoms with Gasteiger partial charge in [0, 0.05) is 18.2 Å². The average Bonchev–Trinajstić information content (AvgIpc) is 3.20. The number of hydrogen-bond donors (Lipinski definition) is 0. The minimum atomic E-state index is -0.00657. The van der Waals surface area contributed by atoms with Gasteiger partial charge in [0.25, 0.3) is 0 Å². The Morgan fingerprint density at radius 1 is 1.00 bits per heavy atom. The lowest BCUT2D eigenvalue weighted by atomic mass is 9.92. The van der Waals surface area contributed by atoms with Crippen LogP contribution in [0.4, 0.5) is 0 Å². The summed E-state index contributed by atoms with van der Waals surface area (Å²) in [7, 11) is 1.65. The maximum absolute atomic E-state index is 5.28. The molecule has 0 saturated heterocycles. The van der Waals surface area contributed by atoms with Crippen LogP contribution >= 0.6 is 0 Å². The van der Waals surface area contributed by atoms with E-state index in [2.05, 4.69) is 26.3 Å². The zero-order valence-corrected chi connectivity index (χ0v) is 16.0. The van der Waals surface area contributed by atoms with Crippen LogP contribution in [-0.4, -0.2) is 51.4 Å². The Labute approximate surface area is 168 Å². The molecule has 0 radical (unpaired) electrons. The second kappa shape index (κ2) is 7.43. The summed E-state index contributed by atoms with van der Waals surface area (Å²) in [5.41, 5.74) is 3.95. The smallest absolute Gasteiger partial charge is 0.177 e. The fourth-order valence-corrected chi connectivity index (χ4v) is 3.68. The van der Waals surface area contributed by atoms with Crippen LogP contribution in [0.25, 0.3) is 16.9 Å². The molecule has 2 aliphatic rings. The van der Waals surface area contributed by atoms with E-state index < -0.39 is 0 Å². The lowest BCUT2D eigenvalue weighted by Gasteiger charge is -2.26. The third-order valence-electron chi connectivity index (χ3n) is 5.22. The molecule has 2 aliphatic heterocycles. The van der Waals surface area contributed by atoms with E-state index in [0.29, 0.717) is 0 Å². The molecule has 2 aromatic heterocycles. The molecule has 5 rings (SSSR count). The highest BCUT2D eigenvalue weighted by Gasteiger charge is 2.27. The lowest BCUT2D eigenvalue weighted by molar-refractivity contribution is 0.311. The summed E-state index contributed by atoms with van der Waals surface area (Å²) in [6.45, 7) is 0. The van der Waals surface area contributed by atoms with E-state index in [0.717, 1.165) is 41.3 Å². The van der Waals surface area contributed by atoms with Crippen molar-refractivity contribution in [2.45, 2.75) is 24.9 Å². The number of aryl methyl sites for hydroxylation is 1. The highest BCUT2D eigenvalue weighted by Crippen LogP contribution is 2.26. The van der Waals surface area contributed by atoms with Gasteiger partial charge in [0.05, 0.1) is 31.1 Å². The van der Waals surface area contributed by atoms with Crippen LogP contribution in [0.1, 0.15) is 12.2 Å². The summed E-state index contributed by atoms with van der Waals surface area (Å²) in [6, 6.07) is 14.1. The number of benzene rings is 1. The molecule has 7 heteroatoms. The van der Waals surface area contributed by atoms with Crippen LogP contribution in [0.3, 0.4) is 0 Å². The Balaban J connectivity index is 1.37. The first-order valence-corrected chi connectivity index (χ1v) is 9.60. The normalized spacial score (nSPS) is 20.3. The van der Waals surface area contributed by atoms with Crippen LogP contribution in [0.2, 0.25) is 0 Å². The van der Waals surface area contributed by atoms with Gasteiger partial charge in [0.1, 0.15) is 5.76 Å². The third kappa shape index (κ3) is 3.35. The maximum atomic E-state index is 5.28. The molecule has 2 unspecified atom stereocenters. The first-order valence-electron chi connectivity index (χ1n) is 9.60. The molecule has 1 aromatic carbocycles. The fraction of sp³-hybridized carbons (Fsp3) is 0.227. The molecule has 0 saturated carbocycles. The predicted octanol–water partition coefficient (Wildman–Crippen LogP) is 3.09. The van der Waals surface area contributed by atoms with Crippen molar-refractivity contribution in [1.82, 2.24) is 19.8 Å². The Morgan fingerprint density at radius 3 is 2.76 bits per heavy atom. The van der Waals surface area contributed by atoms with Gasteiger partial charge >= 0.3 is 0 Å². The number of aliphatic imine (C=N–C) groups is 2. The second-order valence-corrected chi connectivity index (χ2v) is 7.00. The molecule has 144 valence electrons. The summed E-state index contributed by atoms with van der Waals surface area (Å²) in [5, 5.41) is 13.4. The van der Waals surface area contributed by atoms with E-state index in [1.54, 1.807) is 13.3 Å². The number of fused-ring (bicyclic) bond motifs is 2. The van der Waals surface area contributed by atoms with E-state index in [4.69, 9.17) is 9.84 Å². The van der Waals surface area contributed by atoms with E-state index in [1.807, 2.05) is 59.3 Å². The number of methoxy groups -OCH3 is 1. The molecule has 3 aromatic rings. The van der Waals surface area contributed by atoms with Gasteiger partial charge in [-0.2, -0.15) is 9.61 Å². The molecule has 0 fully saturated rings. The molecule has 29 heavy (non-hydrogen) atoms. The molecular weight excluding hydrogens is 364 g/mol. The standard InChI is InChI=1S/C22H20N6O/c1-29-17-13-19-22(24-14-17)16(11-12-23-19)7-9-20-25-26-21-10-8-18(27-28(20)21)15-5-3-2-4-6-15/h2-6,8,10-14,19,22H,7,9H2,1H3. The minimum Gasteiger partial charge on any atom is -0.495 e. The zero-order valence-electron chi connectivity index (χ0n) is 16.0. The van der Waals surface area contributed by atoms with Crippen molar-refractivity contribution in [3.8, 4) is 11.3 Å². The van der Waals surface area contributed by atoms with Crippen molar-refractivity contribution in [3.63, 3.8) is 0 Å². The summed E-state index contributed by atoms with van der Waals surface area (Å²) in [6.07, 6.45) is 9.24. The number of rotatable bonds is 5. The Hall–Kier alpha value is -3.61. The second-order valence-electron chi connectivity index (χ2n) is 7.00. The number of dihydropyridines is 2. The van der Waals surface area contributed by atoms with Crippen LogP contribution in [0.15, 0.2) is 75.9 Å². The van der Waals surface area contributed by atoms with Gasteiger partial charge < -0.3 is 4.74 Å². The van der Waals surface area contributed by atoms with Crippen molar-refractivity contribution in [1.29, 1.82) is 0 Å². The molecule has 0 amide bonds. The van der Waals surface area contributed by atoms with Crippen molar-refractivity contribution >= 4 is 18.1 Å². The van der Waals surface area contributed by atoms with Crippen LogP contribution in [0, 0.1) is 0 Å². The largest absolute Gasteiger partial charge is 0.495 e. The van der Waals surface area contributed by atoms with Gasteiger partial charge in [0.15, 0.2) is 11.5 Å². The van der Waals surface area contributed by atoms with Gasteiger partial charge in [-0.3, -0.25) is 9.98 Å². The first-order chi connectivity index (χ1) is 14.3. The number of aromatic nitrogens is 4. The molecule has 7 nitrogen and oxygen atoms in total. The van der Waals surface area contributed by atoms with Gasteiger partial charge in [-0.05, 0) is 36.3 Å². The molecule has 0 aliphatic carbocycles. The Bertz CT molecular complexity index is 1160. The predicted molar refractivity (Wildman–Crippen MR) is 112 cm³/mol. The summed E-state index contributed by atoms with van der Waals surface area (Å²) < 4.78 is 7.12. The highest BCUT2D eigenvalue weighted by molar-refractivity contribution is 5.80. The Kier molecular flexibility index (Phi) is 4.48. The van der Waals surface area contributed by atoms with Crippen LogP contribution in [0.5, 0.6) is 0 Å². The van der Waals surface area contributed by atoms with Crippen molar-refractivity contribution in [2.24, 2.45) is 9.98 Å². The van der Waals surface area contributed by atoms with Crippen molar-refractivity contribution < 1.29 is 4.74 Å². The van der Waals surface area contributed by atoms with Crippen molar-refractivity contribution in [3.05, 3.63) is 71.8 Å². The van der Waals surface area contributed by atoms with Gasteiger partial charge in [0.2, 0.25) is 0 Å². The van der Waals surface area contributed by atoms with E-state index in [-0.39, 0.29) is 12.1 Å². The van der Waals surface area contributed by atoms with Crippen LogP contribution in [-0.2, 0) is 11.2 Å². The molecule has 0 bridgehead atoms. The first kappa shape index (κ1) is 17.5. The summed E-state index contributed by atoms with van der Waals surface area (Å²) in [4.78, 5) is 9.17. The van der Waals surface area contributed by atoms with Crippen molar-refractivity contribution in [2.75, 3.05) is 7.11 Å². The summed E-state index contributed by atoms with van der Waals surface area (Å²) >= 11 is 0. The number of ether oxygens (including phenoxy) is 1. The zero-order chi connectivity index (χ0) is 19.6. The van der Waals surface area contributed by atoms with Gasteiger partial charge in [-0.25, -0.2) is 0 Å². The monoisotopic (exact) mass is 384 g/mol. The summed E-state index contributed by atoms with van der Waals surface area (Å²) in [5.74, 6) is 1.59. The van der Waals surface area contributed by atoms with Gasteiger partial charge in [-0.1, -0.05) is 30.3 Å². The van der Waals surface area contributed by atoms with Gasteiger partial charge in [-0.15, -0.1) is 10.2 Å². The Morgan fingerprint density at radius 2 is 1.90 bits per heavy atom. The maximum Gasteiger partial charge on any atom is 0.177 e. The van der Waals surface area contributed by atoms with E-state index >= 15 is 0 Å². The third-order valence-corrected chi connectivity index (χ3v) is 5.22. The average molecular weight is 384 g/mol. The lowest BCUT2D eigenvalue weighted by Crippen LogP contribution is -2.29. The quantitative estimate of drug-likeness (QED) is 0.677. The molecule has 0 N–H and O–H groups in total.